The zero-order valence-electron chi connectivity index (χ0n) is 10.6. The molecule has 0 fully saturated rings. The van der Waals surface area contributed by atoms with Gasteiger partial charge in [-0.1, -0.05) is 13.8 Å². The highest BCUT2D eigenvalue weighted by atomic mass is 16.1. The second-order valence-electron chi connectivity index (χ2n) is 4.28. The maximum absolute atomic E-state index is 11.1. The summed E-state index contributed by atoms with van der Waals surface area (Å²) in [5.41, 5.74) is 6.50. The number of anilines is 1. The van der Waals surface area contributed by atoms with E-state index >= 15 is 0 Å². The Kier molecular flexibility index (Phi) is 4.90. The molecular formula is C12H20N4O. The molecule has 0 aliphatic rings. The number of amides is 1. The molecule has 1 aromatic heterocycles. The maximum atomic E-state index is 11.1. The van der Waals surface area contributed by atoms with Crippen LogP contribution in [0, 0.1) is 6.92 Å². The molecule has 0 aliphatic carbocycles. The van der Waals surface area contributed by atoms with Gasteiger partial charge in [0, 0.05) is 30.4 Å². The average Bonchev–Trinajstić information content (AvgIpc) is 2.23. The van der Waals surface area contributed by atoms with Gasteiger partial charge in [0.25, 0.3) is 0 Å². The van der Waals surface area contributed by atoms with Crippen molar-refractivity contribution in [1.82, 2.24) is 10.3 Å². The lowest BCUT2D eigenvalue weighted by Gasteiger charge is -2.10. The molecule has 0 bridgehead atoms. The van der Waals surface area contributed by atoms with Gasteiger partial charge in [0.05, 0.1) is 0 Å². The monoisotopic (exact) mass is 236 g/mol. The predicted octanol–water partition coefficient (Wildman–Crippen LogP) is 0.899. The number of aryl methyl sites for hydroxylation is 1. The molecule has 1 rings (SSSR count). The predicted molar refractivity (Wildman–Crippen MR) is 69.1 cm³/mol. The van der Waals surface area contributed by atoms with Gasteiger partial charge in [-0.3, -0.25) is 4.79 Å². The third-order valence-corrected chi connectivity index (χ3v) is 2.22. The van der Waals surface area contributed by atoms with Crippen molar-refractivity contribution in [3.8, 4) is 0 Å². The standard InChI is InChI=1S/C12H20N4O/c1-8(2)14-4-5-15-11-7-10(12(13)17)6-9(3)16-11/h6-8,14H,4-5H2,1-3H3,(H2,13,17)(H,15,16). The molecule has 1 amide bonds. The van der Waals surface area contributed by atoms with Crippen LogP contribution in [0.3, 0.4) is 0 Å². The number of nitrogens with one attached hydrogen (secondary N) is 2. The van der Waals surface area contributed by atoms with E-state index in [2.05, 4.69) is 29.5 Å². The smallest absolute Gasteiger partial charge is 0.248 e. The minimum atomic E-state index is -0.432. The fourth-order valence-corrected chi connectivity index (χ4v) is 1.45. The van der Waals surface area contributed by atoms with Crippen LogP contribution < -0.4 is 16.4 Å². The van der Waals surface area contributed by atoms with Gasteiger partial charge in [-0.25, -0.2) is 4.98 Å². The van der Waals surface area contributed by atoms with Crippen molar-refractivity contribution in [3.05, 3.63) is 23.4 Å². The highest BCUT2D eigenvalue weighted by Crippen LogP contribution is 2.09. The van der Waals surface area contributed by atoms with Gasteiger partial charge >= 0.3 is 0 Å². The summed E-state index contributed by atoms with van der Waals surface area (Å²) >= 11 is 0. The van der Waals surface area contributed by atoms with Crippen LogP contribution in [-0.2, 0) is 0 Å². The Morgan fingerprint density at radius 3 is 2.71 bits per heavy atom. The molecule has 5 nitrogen and oxygen atoms in total. The van der Waals surface area contributed by atoms with Gasteiger partial charge in [0.2, 0.25) is 5.91 Å². The largest absolute Gasteiger partial charge is 0.369 e. The first-order chi connectivity index (χ1) is 7.99. The van der Waals surface area contributed by atoms with Crippen LogP contribution in [0.15, 0.2) is 12.1 Å². The van der Waals surface area contributed by atoms with E-state index < -0.39 is 5.91 Å². The molecule has 1 heterocycles. The molecule has 0 aliphatic heterocycles. The molecule has 94 valence electrons. The molecular weight excluding hydrogens is 216 g/mol. The minimum Gasteiger partial charge on any atom is -0.369 e. The molecule has 4 N–H and O–H groups in total. The van der Waals surface area contributed by atoms with E-state index in [1.165, 1.54) is 0 Å². The van der Waals surface area contributed by atoms with E-state index in [9.17, 15) is 4.79 Å². The topological polar surface area (TPSA) is 80.0 Å². The fraction of sp³-hybridized carbons (Fsp3) is 0.500. The summed E-state index contributed by atoms with van der Waals surface area (Å²) in [5, 5.41) is 6.44. The SMILES string of the molecule is Cc1cc(C(N)=O)cc(NCCNC(C)C)n1. The normalized spacial score (nSPS) is 10.6. The number of hydrogen-bond donors (Lipinski definition) is 3. The summed E-state index contributed by atoms with van der Waals surface area (Å²) in [6.07, 6.45) is 0. The van der Waals surface area contributed by atoms with Crippen molar-refractivity contribution in [1.29, 1.82) is 0 Å². The van der Waals surface area contributed by atoms with Gasteiger partial charge < -0.3 is 16.4 Å². The van der Waals surface area contributed by atoms with Gasteiger partial charge in [-0.05, 0) is 19.1 Å². The van der Waals surface area contributed by atoms with E-state index in [1.54, 1.807) is 12.1 Å². The lowest BCUT2D eigenvalue weighted by molar-refractivity contribution is 0.1000. The van der Waals surface area contributed by atoms with Crippen LogP contribution in [0.5, 0.6) is 0 Å². The number of nitrogens with two attached hydrogens (primary N) is 1. The molecule has 0 spiro atoms. The number of pyridine rings is 1. The average molecular weight is 236 g/mol. The first-order valence-corrected chi connectivity index (χ1v) is 5.75. The van der Waals surface area contributed by atoms with Gasteiger partial charge in [-0.2, -0.15) is 0 Å². The lowest BCUT2D eigenvalue weighted by Crippen LogP contribution is -2.28. The van der Waals surface area contributed by atoms with Crippen LogP contribution >= 0.6 is 0 Å². The van der Waals surface area contributed by atoms with Crippen molar-refractivity contribution in [3.63, 3.8) is 0 Å². The van der Waals surface area contributed by atoms with E-state index in [1.807, 2.05) is 6.92 Å². The number of hydrogen-bond acceptors (Lipinski definition) is 4. The highest BCUT2D eigenvalue weighted by Gasteiger charge is 2.04. The third-order valence-electron chi connectivity index (χ3n) is 2.22. The Morgan fingerprint density at radius 2 is 2.12 bits per heavy atom. The van der Waals surface area contributed by atoms with Crippen molar-refractivity contribution in [2.24, 2.45) is 5.73 Å². The Balaban J connectivity index is 2.56. The number of nitrogens with zero attached hydrogens (tertiary/aromatic N) is 1. The van der Waals surface area contributed by atoms with Crippen LogP contribution in [-0.4, -0.2) is 30.0 Å². The zero-order chi connectivity index (χ0) is 12.8. The molecule has 0 unspecified atom stereocenters. The molecule has 17 heavy (non-hydrogen) atoms. The van der Waals surface area contributed by atoms with Crippen molar-refractivity contribution >= 4 is 11.7 Å². The van der Waals surface area contributed by atoms with Crippen LogP contribution in [0.1, 0.15) is 29.9 Å². The number of carbonyl (C=O) groups excluding carboxylic acids is 1. The highest BCUT2D eigenvalue weighted by molar-refractivity contribution is 5.93. The lowest BCUT2D eigenvalue weighted by atomic mass is 10.2. The Bertz CT molecular complexity index is 390. The second kappa shape index (κ2) is 6.20. The Hall–Kier alpha value is -1.62. The Morgan fingerprint density at radius 1 is 1.41 bits per heavy atom. The Labute approximate surface area is 102 Å². The van der Waals surface area contributed by atoms with Gasteiger partial charge in [0.1, 0.15) is 5.82 Å². The van der Waals surface area contributed by atoms with Crippen LogP contribution in [0.2, 0.25) is 0 Å². The first kappa shape index (κ1) is 13.4. The number of aromatic nitrogens is 1. The zero-order valence-corrected chi connectivity index (χ0v) is 10.6. The second-order valence-corrected chi connectivity index (χ2v) is 4.28. The first-order valence-electron chi connectivity index (χ1n) is 5.75. The van der Waals surface area contributed by atoms with Crippen LogP contribution in [0.25, 0.3) is 0 Å². The molecule has 1 aromatic rings. The quantitative estimate of drug-likeness (QED) is 0.641. The number of carbonyl (C=O) groups is 1. The number of primary amides is 1. The molecule has 5 heteroatoms. The molecule has 0 saturated heterocycles. The van der Waals surface area contributed by atoms with E-state index in [0.717, 1.165) is 18.8 Å². The fourth-order valence-electron chi connectivity index (χ4n) is 1.45. The van der Waals surface area contributed by atoms with Crippen molar-refractivity contribution in [2.75, 3.05) is 18.4 Å². The minimum absolute atomic E-state index is 0.432. The summed E-state index contributed by atoms with van der Waals surface area (Å²) in [7, 11) is 0. The number of rotatable bonds is 6. The summed E-state index contributed by atoms with van der Waals surface area (Å²) in [4.78, 5) is 15.4. The van der Waals surface area contributed by atoms with Gasteiger partial charge in [0.15, 0.2) is 0 Å². The molecule has 0 radical (unpaired) electrons. The summed E-state index contributed by atoms with van der Waals surface area (Å²) in [6, 6.07) is 3.81. The summed E-state index contributed by atoms with van der Waals surface area (Å²) < 4.78 is 0. The van der Waals surface area contributed by atoms with Crippen LogP contribution in [0.4, 0.5) is 5.82 Å². The van der Waals surface area contributed by atoms with Gasteiger partial charge in [-0.15, -0.1) is 0 Å². The van der Waals surface area contributed by atoms with Crippen molar-refractivity contribution in [2.45, 2.75) is 26.8 Å². The molecule has 0 aromatic carbocycles. The molecule has 0 saturated carbocycles. The van der Waals surface area contributed by atoms with E-state index in [0.29, 0.717) is 17.4 Å². The van der Waals surface area contributed by atoms with E-state index in [-0.39, 0.29) is 0 Å². The van der Waals surface area contributed by atoms with Crippen molar-refractivity contribution < 1.29 is 4.79 Å². The maximum Gasteiger partial charge on any atom is 0.248 e. The summed E-state index contributed by atoms with van der Waals surface area (Å²) in [6.45, 7) is 7.63. The summed E-state index contributed by atoms with van der Waals surface area (Å²) in [5.74, 6) is 0.253. The third kappa shape index (κ3) is 4.82. The molecule has 0 atom stereocenters. The van der Waals surface area contributed by atoms with E-state index in [4.69, 9.17) is 5.73 Å².